The summed E-state index contributed by atoms with van der Waals surface area (Å²) in [6, 6.07) is 8.74. The van der Waals surface area contributed by atoms with Gasteiger partial charge >= 0.3 is 0 Å². The van der Waals surface area contributed by atoms with E-state index in [1.165, 1.54) is 16.2 Å². The van der Waals surface area contributed by atoms with Crippen molar-refractivity contribution in [2.24, 2.45) is 0 Å². The van der Waals surface area contributed by atoms with Crippen LogP contribution in [0.1, 0.15) is 29.6 Å². The normalized spacial score (nSPS) is 14.0. The lowest BCUT2D eigenvalue weighted by molar-refractivity contribution is 0.669. The van der Waals surface area contributed by atoms with Gasteiger partial charge in [-0.3, -0.25) is 9.36 Å². The number of rotatable bonds is 6. The molecule has 31 heavy (non-hydrogen) atoms. The summed E-state index contributed by atoms with van der Waals surface area (Å²) in [4.78, 5) is 24.9. The standard InChI is InChI=1S/C21H17N5OS4/c1-11-4-7-14(31-11)13-9-29-20-17(13)19(27)22-16(23-20)10-30-21-25-24-18(15-3-2-8-28-15)26(21)12-5-6-12/h2-4,7-9,12H,5-6,10H2,1H3,(H,22,23,27). The third-order valence-electron chi connectivity index (χ3n) is 5.15. The van der Waals surface area contributed by atoms with Crippen molar-refractivity contribution in [3.63, 3.8) is 0 Å². The second-order valence-electron chi connectivity index (χ2n) is 7.43. The topological polar surface area (TPSA) is 76.5 Å². The van der Waals surface area contributed by atoms with Crippen molar-refractivity contribution in [2.45, 2.75) is 36.7 Å². The molecule has 156 valence electrons. The van der Waals surface area contributed by atoms with Gasteiger partial charge in [0.25, 0.3) is 5.56 Å². The van der Waals surface area contributed by atoms with Gasteiger partial charge < -0.3 is 4.98 Å². The fraction of sp³-hybridized carbons (Fsp3) is 0.238. The van der Waals surface area contributed by atoms with Crippen molar-refractivity contribution in [3.8, 4) is 21.1 Å². The van der Waals surface area contributed by atoms with Gasteiger partial charge in [0.2, 0.25) is 0 Å². The number of hydrogen-bond acceptors (Lipinski definition) is 8. The summed E-state index contributed by atoms with van der Waals surface area (Å²) >= 11 is 6.48. The molecular formula is C21H17N5OS4. The van der Waals surface area contributed by atoms with Gasteiger partial charge in [-0.05, 0) is 43.3 Å². The monoisotopic (exact) mass is 483 g/mol. The Kier molecular flexibility index (Phi) is 4.82. The molecule has 0 radical (unpaired) electrons. The number of fused-ring (bicyclic) bond motifs is 1. The SMILES string of the molecule is Cc1ccc(-c2csc3nc(CSc4nnc(-c5cccs5)n4C4CC4)[nH]c(=O)c23)s1. The highest BCUT2D eigenvalue weighted by atomic mass is 32.2. The van der Waals surface area contributed by atoms with E-state index in [2.05, 4.69) is 50.3 Å². The molecule has 0 amide bonds. The molecule has 0 saturated heterocycles. The van der Waals surface area contributed by atoms with Gasteiger partial charge in [0.1, 0.15) is 10.7 Å². The molecule has 1 saturated carbocycles. The van der Waals surface area contributed by atoms with Crippen LogP contribution in [0.5, 0.6) is 0 Å². The van der Waals surface area contributed by atoms with Crippen LogP contribution in [0.3, 0.4) is 0 Å². The van der Waals surface area contributed by atoms with E-state index in [9.17, 15) is 4.79 Å². The number of nitrogens with one attached hydrogen (secondary N) is 1. The van der Waals surface area contributed by atoms with E-state index >= 15 is 0 Å². The first-order chi connectivity index (χ1) is 15.2. The summed E-state index contributed by atoms with van der Waals surface area (Å²) in [5.74, 6) is 2.15. The van der Waals surface area contributed by atoms with Crippen LogP contribution in [0.15, 0.2) is 45.0 Å². The first-order valence-electron chi connectivity index (χ1n) is 9.86. The zero-order valence-electron chi connectivity index (χ0n) is 16.5. The fourth-order valence-electron chi connectivity index (χ4n) is 3.57. The zero-order valence-corrected chi connectivity index (χ0v) is 19.8. The summed E-state index contributed by atoms with van der Waals surface area (Å²) in [5, 5.41) is 14.6. The van der Waals surface area contributed by atoms with E-state index in [-0.39, 0.29) is 5.56 Å². The van der Waals surface area contributed by atoms with Crippen LogP contribution in [-0.2, 0) is 5.75 Å². The van der Waals surface area contributed by atoms with E-state index in [1.807, 2.05) is 11.4 Å². The molecule has 1 N–H and O–H groups in total. The lowest BCUT2D eigenvalue weighted by Gasteiger charge is -2.07. The zero-order chi connectivity index (χ0) is 20.9. The van der Waals surface area contributed by atoms with Crippen LogP contribution in [0.4, 0.5) is 0 Å². The second-order valence-corrected chi connectivity index (χ2v) is 11.5. The van der Waals surface area contributed by atoms with Crippen LogP contribution in [0.2, 0.25) is 0 Å². The predicted molar refractivity (Wildman–Crippen MR) is 129 cm³/mol. The molecule has 10 heteroatoms. The number of nitrogens with zero attached hydrogens (tertiary/aromatic N) is 4. The number of aromatic nitrogens is 5. The van der Waals surface area contributed by atoms with Crippen molar-refractivity contribution in [1.82, 2.24) is 24.7 Å². The van der Waals surface area contributed by atoms with Crippen molar-refractivity contribution in [1.29, 1.82) is 0 Å². The highest BCUT2D eigenvalue weighted by molar-refractivity contribution is 7.98. The van der Waals surface area contributed by atoms with Crippen molar-refractivity contribution in [3.05, 3.63) is 56.1 Å². The molecule has 0 bridgehead atoms. The molecular weight excluding hydrogens is 467 g/mol. The van der Waals surface area contributed by atoms with Gasteiger partial charge in [-0.1, -0.05) is 17.8 Å². The average Bonchev–Trinajstić information content (AvgIpc) is 3.20. The Morgan fingerprint density at radius 1 is 1.19 bits per heavy atom. The van der Waals surface area contributed by atoms with Crippen LogP contribution in [0, 0.1) is 6.92 Å². The van der Waals surface area contributed by atoms with Gasteiger partial charge in [0, 0.05) is 26.7 Å². The Bertz CT molecular complexity index is 1440. The lowest BCUT2D eigenvalue weighted by Crippen LogP contribution is -2.10. The Morgan fingerprint density at radius 3 is 2.84 bits per heavy atom. The van der Waals surface area contributed by atoms with E-state index < -0.39 is 0 Å². The number of thioether (sulfide) groups is 1. The maximum absolute atomic E-state index is 12.9. The predicted octanol–water partition coefficient (Wildman–Crippen LogP) is 5.97. The van der Waals surface area contributed by atoms with Gasteiger partial charge in [-0.2, -0.15) is 0 Å². The largest absolute Gasteiger partial charge is 0.309 e. The molecule has 1 fully saturated rings. The molecule has 5 aromatic rings. The number of aromatic amines is 1. The molecule has 1 aliphatic rings. The molecule has 0 aromatic carbocycles. The third-order valence-corrected chi connectivity index (χ3v) is 8.88. The molecule has 5 heterocycles. The van der Waals surface area contributed by atoms with Gasteiger partial charge in [0.05, 0.1) is 16.0 Å². The first kappa shape index (κ1) is 19.4. The van der Waals surface area contributed by atoms with E-state index in [4.69, 9.17) is 4.98 Å². The Balaban J connectivity index is 1.30. The fourth-order valence-corrected chi connectivity index (χ4v) is 7.07. The molecule has 6 nitrogen and oxygen atoms in total. The Hall–Kier alpha value is -2.27. The van der Waals surface area contributed by atoms with Crippen LogP contribution in [-0.4, -0.2) is 24.7 Å². The summed E-state index contributed by atoms with van der Waals surface area (Å²) in [6.45, 7) is 2.07. The van der Waals surface area contributed by atoms with Crippen LogP contribution in [0.25, 0.3) is 31.4 Å². The van der Waals surface area contributed by atoms with Crippen molar-refractivity contribution >= 4 is 56.0 Å². The molecule has 6 rings (SSSR count). The van der Waals surface area contributed by atoms with E-state index in [0.717, 1.165) is 44.0 Å². The van der Waals surface area contributed by atoms with Gasteiger partial charge in [-0.25, -0.2) is 4.98 Å². The number of aryl methyl sites for hydroxylation is 1. The number of hydrogen-bond donors (Lipinski definition) is 1. The summed E-state index contributed by atoms with van der Waals surface area (Å²) < 4.78 is 2.25. The summed E-state index contributed by atoms with van der Waals surface area (Å²) in [7, 11) is 0. The number of thiophene rings is 3. The first-order valence-corrected chi connectivity index (χ1v) is 13.4. The molecule has 5 aromatic heterocycles. The summed E-state index contributed by atoms with van der Waals surface area (Å²) in [6.07, 6.45) is 2.32. The third kappa shape index (κ3) is 3.57. The lowest BCUT2D eigenvalue weighted by atomic mass is 10.2. The van der Waals surface area contributed by atoms with Gasteiger partial charge in [-0.15, -0.1) is 44.2 Å². The number of H-pyrrole nitrogens is 1. The molecule has 1 aliphatic carbocycles. The minimum Gasteiger partial charge on any atom is -0.309 e. The smallest absolute Gasteiger partial charge is 0.260 e. The molecule has 0 spiro atoms. The quantitative estimate of drug-likeness (QED) is 0.301. The molecule has 0 unspecified atom stereocenters. The second kappa shape index (κ2) is 7.70. The highest BCUT2D eigenvalue weighted by Crippen LogP contribution is 2.42. The maximum Gasteiger partial charge on any atom is 0.260 e. The highest BCUT2D eigenvalue weighted by Gasteiger charge is 2.30. The van der Waals surface area contributed by atoms with Crippen molar-refractivity contribution in [2.75, 3.05) is 0 Å². The Morgan fingerprint density at radius 2 is 2.10 bits per heavy atom. The maximum atomic E-state index is 12.9. The summed E-state index contributed by atoms with van der Waals surface area (Å²) in [5.41, 5.74) is 0.894. The average molecular weight is 484 g/mol. The minimum absolute atomic E-state index is 0.0779. The van der Waals surface area contributed by atoms with E-state index in [1.54, 1.807) is 34.4 Å². The molecule has 0 atom stereocenters. The van der Waals surface area contributed by atoms with Crippen LogP contribution >= 0.6 is 45.8 Å². The molecule has 0 aliphatic heterocycles. The minimum atomic E-state index is -0.0779. The van der Waals surface area contributed by atoms with Gasteiger partial charge in [0.15, 0.2) is 11.0 Å². The van der Waals surface area contributed by atoms with E-state index in [0.29, 0.717) is 23.0 Å². The van der Waals surface area contributed by atoms with Crippen molar-refractivity contribution < 1.29 is 0 Å². The van der Waals surface area contributed by atoms with Crippen LogP contribution < -0.4 is 5.56 Å². The Labute approximate surface area is 194 Å².